The Labute approximate surface area is 173 Å². The van der Waals surface area contributed by atoms with Crippen molar-refractivity contribution in [1.82, 2.24) is 5.32 Å². The highest BCUT2D eigenvalue weighted by atomic mass is 127. The molecule has 0 radical (unpaired) electrons. The summed E-state index contributed by atoms with van der Waals surface area (Å²) in [5.41, 5.74) is -1.58. The summed E-state index contributed by atoms with van der Waals surface area (Å²) in [5, 5.41) is 11.1. The van der Waals surface area contributed by atoms with Crippen molar-refractivity contribution in [3.05, 3.63) is 33.1 Å². The first-order chi connectivity index (χ1) is 12.6. The molecule has 2 atom stereocenters. The first-order valence-corrected chi connectivity index (χ1v) is 10.7. The summed E-state index contributed by atoms with van der Waals surface area (Å²) in [4.78, 5) is 15.5. The standard InChI is InChI=1S/C16H18F4IN3O3S/c1-14(2)12(23-13(25)26)24-15(3,10-6-9(21)4-5-11(10)17)8-28(14,27)22-7-16(18,19)20/h4-6H,7-8H2,1-3H3,(H,23,24)(H,25,26)/t15-,28?/m0/s1. The molecule has 0 fully saturated rings. The highest BCUT2D eigenvalue weighted by Crippen LogP contribution is 2.40. The molecule has 28 heavy (non-hydrogen) atoms. The van der Waals surface area contributed by atoms with E-state index >= 15 is 0 Å². The summed E-state index contributed by atoms with van der Waals surface area (Å²) >= 11 is 1.92. The fourth-order valence-electron chi connectivity index (χ4n) is 2.84. The highest BCUT2D eigenvalue weighted by molar-refractivity contribution is 14.1. The Hall–Kier alpha value is -1.44. The van der Waals surface area contributed by atoms with E-state index in [0.29, 0.717) is 3.57 Å². The number of alkyl halides is 3. The van der Waals surface area contributed by atoms with E-state index in [0.717, 1.165) is 6.07 Å². The van der Waals surface area contributed by atoms with Gasteiger partial charge in [0.05, 0.1) is 15.5 Å². The third kappa shape index (κ3) is 4.58. The average Bonchev–Trinajstić information content (AvgIpc) is 2.52. The van der Waals surface area contributed by atoms with E-state index in [-0.39, 0.29) is 11.4 Å². The lowest BCUT2D eigenvalue weighted by Crippen LogP contribution is -2.57. The third-order valence-corrected chi connectivity index (χ3v) is 8.35. The second-order valence-corrected chi connectivity index (χ2v) is 11.1. The maximum absolute atomic E-state index is 14.5. The summed E-state index contributed by atoms with van der Waals surface area (Å²) in [6, 6.07) is 4.08. The predicted octanol–water partition coefficient (Wildman–Crippen LogP) is 4.13. The first kappa shape index (κ1) is 22.8. The quantitative estimate of drug-likeness (QED) is 0.441. The molecule has 0 saturated carbocycles. The number of nitrogens with one attached hydrogen (secondary N) is 1. The molecule has 1 unspecified atom stereocenters. The van der Waals surface area contributed by atoms with Crippen LogP contribution in [0.25, 0.3) is 0 Å². The molecule has 1 amide bonds. The molecular weight excluding hydrogens is 517 g/mol. The largest absolute Gasteiger partial charge is 0.465 e. The van der Waals surface area contributed by atoms with Gasteiger partial charge in [0.1, 0.15) is 28.5 Å². The summed E-state index contributed by atoms with van der Waals surface area (Å²) in [5.74, 6) is -1.52. The van der Waals surface area contributed by atoms with E-state index in [1.165, 1.54) is 32.9 Å². The van der Waals surface area contributed by atoms with Crippen molar-refractivity contribution in [2.45, 2.75) is 37.2 Å². The molecule has 6 nitrogen and oxygen atoms in total. The van der Waals surface area contributed by atoms with Crippen molar-refractivity contribution in [1.29, 1.82) is 0 Å². The number of halogens is 5. The highest BCUT2D eigenvalue weighted by Gasteiger charge is 2.50. The van der Waals surface area contributed by atoms with Crippen LogP contribution in [-0.2, 0) is 15.3 Å². The van der Waals surface area contributed by atoms with Gasteiger partial charge < -0.3 is 5.11 Å². The van der Waals surface area contributed by atoms with Crippen LogP contribution >= 0.6 is 22.6 Å². The summed E-state index contributed by atoms with van der Waals surface area (Å²) in [7, 11) is -3.70. The Morgan fingerprint density at radius 3 is 2.54 bits per heavy atom. The van der Waals surface area contributed by atoms with E-state index in [4.69, 9.17) is 5.11 Å². The van der Waals surface area contributed by atoms with Gasteiger partial charge in [-0.2, -0.15) is 13.2 Å². The number of aliphatic imine (C=N–C) groups is 1. The zero-order chi connectivity index (χ0) is 21.5. The monoisotopic (exact) mass is 535 g/mol. The third-order valence-electron chi connectivity index (χ3n) is 4.39. The van der Waals surface area contributed by atoms with Crippen molar-refractivity contribution >= 4 is 44.2 Å². The van der Waals surface area contributed by atoms with Crippen LogP contribution in [0.2, 0.25) is 0 Å². The smallest absolute Gasteiger partial charge is 0.410 e. The Balaban J connectivity index is 2.76. The molecule has 1 aromatic carbocycles. The minimum Gasteiger partial charge on any atom is -0.465 e. The minimum atomic E-state index is -4.70. The second-order valence-electron chi connectivity index (χ2n) is 6.99. The van der Waals surface area contributed by atoms with E-state index in [1.54, 1.807) is 0 Å². The summed E-state index contributed by atoms with van der Waals surface area (Å²) < 4.78 is 68.8. The number of hydrogen-bond donors (Lipinski definition) is 2. The molecule has 1 aliphatic heterocycles. The lowest BCUT2D eigenvalue weighted by atomic mass is 9.93. The lowest BCUT2D eigenvalue weighted by molar-refractivity contribution is -0.117. The van der Waals surface area contributed by atoms with Gasteiger partial charge in [0.15, 0.2) is 0 Å². The minimum absolute atomic E-state index is 0.00507. The number of hydrogen-bond acceptors (Lipinski definition) is 4. The van der Waals surface area contributed by atoms with Gasteiger partial charge in [0, 0.05) is 9.13 Å². The SMILES string of the molecule is CC1(C)C(NC(=O)O)=N[C@](C)(c2cc(I)ccc2F)CS1(=O)=NCC(F)(F)F. The van der Waals surface area contributed by atoms with Crippen LogP contribution in [0.4, 0.5) is 22.4 Å². The van der Waals surface area contributed by atoms with Gasteiger partial charge in [0.2, 0.25) is 0 Å². The van der Waals surface area contributed by atoms with Crippen molar-refractivity contribution < 1.29 is 31.7 Å². The van der Waals surface area contributed by atoms with Gasteiger partial charge in [-0.05, 0) is 61.6 Å². The van der Waals surface area contributed by atoms with E-state index in [2.05, 4.69) is 9.36 Å². The molecule has 0 bridgehead atoms. The van der Waals surface area contributed by atoms with Gasteiger partial charge in [-0.15, -0.1) is 0 Å². The number of amidine groups is 1. The molecule has 1 aromatic rings. The van der Waals surface area contributed by atoms with Crippen molar-refractivity contribution in [3.8, 4) is 0 Å². The predicted molar refractivity (Wildman–Crippen MR) is 106 cm³/mol. The fraction of sp³-hybridized carbons (Fsp3) is 0.500. The molecule has 0 spiro atoms. The molecule has 2 N–H and O–H groups in total. The van der Waals surface area contributed by atoms with Gasteiger partial charge in [-0.1, -0.05) is 0 Å². The molecule has 0 saturated heterocycles. The Morgan fingerprint density at radius 1 is 1.39 bits per heavy atom. The zero-order valence-corrected chi connectivity index (χ0v) is 18.1. The Bertz CT molecular complexity index is 955. The maximum atomic E-state index is 14.5. The number of carbonyl (C=O) groups is 1. The van der Waals surface area contributed by atoms with E-state index in [1.807, 2.05) is 27.9 Å². The molecule has 2 rings (SSSR count). The summed E-state index contributed by atoms with van der Waals surface area (Å²) in [6.07, 6.45) is -6.23. The van der Waals surface area contributed by atoms with Gasteiger partial charge in [0.25, 0.3) is 0 Å². The van der Waals surface area contributed by atoms with Gasteiger partial charge >= 0.3 is 12.3 Å². The van der Waals surface area contributed by atoms with Crippen LogP contribution in [0.15, 0.2) is 27.6 Å². The fourth-order valence-corrected chi connectivity index (χ4v) is 5.84. The lowest BCUT2D eigenvalue weighted by Gasteiger charge is -2.41. The van der Waals surface area contributed by atoms with Crippen LogP contribution in [0.5, 0.6) is 0 Å². The second kappa shape index (κ2) is 7.43. The molecular formula is C16H18F4IN3O3S. The molecule has 12 heteroatoms. The molecule has 0 aliphatic carbocycles. The van der Waals surface area contributed by atoms with E-state index in [9.17, 15) is 26.6 Å². The number of amides is 1. The van der Waals surface area contributed by atoms with Crippen molar-refractivity contribution in [2.75, 3.05) is 12.3 Å². The normalized spacial score (nSPS) is 27.1. The number of carboxylic acid groups (broad SMARTS) is 1. The van der Waals surface area contributed by atoms with Crippen LogP contribution < -0.4 is 5.32 Å². The van der Waals surface area contributed by atoms with Crippen LogP contribution in [0.1, 0.15) is 26.3 Å². The molecule has 1 aliphatic rings. The average molecular weight is 535 g/mol. The molecule has 1 heterocycles. The number of nitrogens with zero attached hydrogens (tertiary/aromatic N) is 2. The first-order valence-electron chi connectivity index (χ1n) is 7.92. The van der Waals surface area contributed by atoms with Crippen molar-refractivity contribution in [3.63, 3.8) is 0 Å². The van der Waals surface area contributed by atoms with Crippen molar-refractivity contribution in [2.24, 2.45) is 9.36 Å². The van der Waals surface area contributed by atoms with Crippen LogP contribution in [-0.4, -0.2) is 44.5 Å². The van der Waals surface area contributed by atoms with Crippen LogP contribution in [0.3, 0.4) is 0 Å². The topological polar surface area (TPSA) is 91.1 Å². The van der Waals surface area contributed by atoms with Gasteiger partial charge in [-0.3, -0.25) is 10.3 Å². The number of rotatable bonds is 2. The Morgan fingerprint density at radius 2 is 2.00 bits per heavy atom. The Kier molecular flexibility index (Phi) is 6.06. The van der Waals surface area contributed by atoms with Gasteiger partial charge in [-0.25, -0.2) is 17.8 Å². The summed E-state index contributed by atoms with van der Waals surface area (Å²) in [6.45, 7) is 2.33. The van der Waals surface area contributed by atoms with Crippen LogP contribution in [0, 0.1) is 9.39 Å². The number of benzene rings is 1. The van der Waals surface area contributed by atoms with E-state index < -0.39 is 50.4 Å². The maximum Gasteiger partial charge on any atom is 0.410 e. The zero-order valence-electron chi connectivity index (χ0n) is 15.1. The molecule has 156 valence electrons. The molecule has 0 aromatic heterocycles.